The Morgan fingerprint density at radius 1 is 1.00 bits per heavy atom. The summed E-state index contributed by atoms with van der Waals surface area (Å²) in [6.07, 6.45) is 2.14. The Hall–Kier alpha value is -3.74. The summed E-state index contributed by atoms with van der Waals surface area (Å²) in [5.41, 5.74) is 2.16. The van der Waals surface area contributed by atoms with E-state index in [0.717, 1.165) is 11.3 Å². The lowest BCUT2D eigenvalue weighted by molar-refractivity contribution is 0.0692. The van der Waals surface area contributed by atoms with Gasteiger partial charge in [-0.15, -0.1) is 0 Å². The minimum atomic E-state index is -0.346. The van der Waals surface area contributed by atoms with Crippen LogP contribution in [0.25, 0.3) is 0 Å². The van der Waals surface area contributed by atoms with Crippen LogP contribution < -0.4 is 14.2 Å². The van der Waals surface area contributed by atoms with Gasteiger partial charge in [-0.25, -0.2) is 5.01 Å². The molecule has 0 radical (unpaired) electrons. The average molecular weight is 406 g/mol. The van der Waals surface area contributed by atoms with Crippen molar-refractivity contribution in [1.29, 1.82) is 0 Å². The van der Waals surface area contributed by atoms with Crippen molar-refractivity contribution in [3.05, 3.63) is 77.7 Å². The number of hydrogen-bond acceptors (Lipinski definition) is 6. The Morgan fingerprint density at radius 3 is 2.27 bits per heavy atom. The monoisotopic (exact) mass is 406 g/mol. The second-order valence-corrected chi connectivity index (χ2v) is 6.71. The van der Waals surface area contributed by atoms with E-state index in [4.69, 9.17) is 18.6 Å². The van der Waals surface area contributed by atoms with Crippen LogP contribution in [0.2, 0.25) is 0 Å². The number of carbonyl (C=O) groups excluding carboxylic acids is 1. The first-order valence-corrected chi connectivity index (χ1v) is 9.46. The highest BCUT2D eigenvalue weighted by Crippen LogP contribution is 2.40. The van der Waals surface area contributed by atoms with Crippen LogP contribution in [0.1, 0.15) is 34.1 Å². The maximum Gasteiger partial charge on any atom is 0.274 e. The van der Waals surface area contributed by atoms with Gasteiger partial charge in [-0.2, -0.15) is 5.10 Å². The third-order valence-corrected chi connectivity index (χ3v) is 5.01. The minimum Gasteiger partial charge on any atom is -0.493 e. The summed E-state index contributed by atoms with van der Waals surface area (Å²) < 4.78 is 21.7. The quantitative estimate of drug-likeness (QED) is 0.610. The van der Waals surface area contributed by atoms with E-state index in [0.29, 0.717) is 35.0 Å². The standard InChI is InChI=1S/C23H22N2O5/c1-27-20-12-16(13-21(28-2)22(20)29-3)23(26)25-18(19-10-7-11-30-19)14-17(24-25)15-8-5-4-6-9-15/h4-13,18H,14H2,1-3H3/t18-/m1/s1. The predicted octanol–water partition coefficient (Wildman–Crippen LogP) is 4.30. The van der Waals surface area contributed by atoms with Gasteiger partial charge >= 0.3 is 0 Å². The van der Waals surface area contributed by atoms with Crippen LogP contribution in [0.15, 0.2) is 70.4 Å². The molecule has 0 spiro atoms. The SMILES string of the molecule is COc1cc(C(=O)N2N=C(c3ccccc3)C[C@@H]2c2ccco2)cc(OC)c1OC. The van der Waals surface area contributed by atoms with Crippen LogP contribution in [0.5, 0.6) is 17.2 Å². The molecular formula is C23H22N2O5. The minimum absolute atomic E-state index is 0.290. The molecule has 0 unspecified atom stereocenters. The average Bonchev–Trinajstić information content (AvgIpc) is 3.48. The van der Waals surface area contributed by atoms with Crippen molar-refractivity contribution in [2.45, 2.75) is 12.5 Å². The summed E-state index contributed by atoms with van der Waals surface area (Å²) in [4.78, 5) is 13.5. The second kappa shape index (κ2) is 8.32. The molecule has 0 saturated carbocycles. The van der Waals surface area contributed by atoms with Crippen molar-refractivity contribution >= 4 is 11.6 Å². The lowest BCUT2D eigenvalue weighted by Gasteiger charge is -2.21. The summed E-state index contributed by atoms with van der Waals surface area (Å²) in [5, 5.41) is 6.11. The first kappa shape index (κ1) is 19.6. The fraction of sp³-hybridized carbons (Fsp3) is 0.217. The molecule has 0 aliphatic carbocycles. The Bertz CT molecular complexity index is 1040. The van der Waals surface area contributed by atoms with E-state index in [2.05, 4.69) is 5.10 Å². The molecule has 1 aliphatic heterocycles. The van der Waals surface area contributed by atoms with Crippen LogP contribution in [0, 0.1) is 0 Å². The molecule has 1 amide bonds. The van der Waals surface area contributed by atoms with Crippen LogP contribution in [-0.2, 0) is 0 Å². The zero-order valence-electron chi connectivity index (χ0n) is 17.0. The van der Waals surface area contributed by atoms with Gasteiger partial charge in [0.1, 0.15) is 11.8 Å². The molecule has 2 aromatic carbocycles. The molecule has 4 rings (SSSR count). The Balaban J connectivity index is 1.76. The van der Waals surface area contributed by atoms with Crippen molar-refractivity contribution in [2.75, 3.05) is 21.3 Å². The van der Waals surface area contributed by atoms with Crippen molar-refractivity contribution in [3.8, 4) is 17.2 Å². The second-order valence-electron chi connectivity index (χ2n) is 6.71. The summed E-state index contributed by atoms with van der Waals surface area (Å²) in [6, 6.07) is 16.4. The molecule has 1 atom stereocenters. The van der Waals surface area contributed by atoms with Gasteiger partial charge in [0.05, 0.1) is 33.3 Å². The molecule has 7 heteroatoms. The number of ether oxygens (including phenoxy) is 3. The van der Waals surface area contributed by atoms with Crippen molar-refractivity contribution in [2.24, 2.45) is 5.10 Å². The number of hydrazone groups is 1. The smallest absolute Gasteiger partial charge is 0.274 e. The fourth-order valence-corrected chi connectivity index (χ4v) is 3.54. The van der Waals surface area contributed by atoms with E-state index in [-0.39, 0.29) is 11.9 Å². The van der Waals surface area contributed by atoms with Gasteiger partial charge in [-0.3, -0.25) is 4.79 Å². The molecule has 1 aliphatic rings. The van der Waals surface area contributed by atoms with Crippen LogP contribution >= 0.6 is 0 Å². The Kier molecular flexibility index (Phi) is 5.43. The van der Waals surface area contributed by atoms with Crippen molar-refractivity contribution in [1.82, 2.24) is 5.01 Å². The maximum absolute atomic E-state index is 13.5. The van der Waals surface area contributed by atoms with Gasteiger partial charge in [-0.05, 0) is 29.8 Å². The molecule has 0 saturated heterocycles. The molecule has 0 bridgehead atoms. The van der Waals surface area contributed by atoms with Crippen LogP contribution in [-0.4, -0.2) is 38.0 Å². The van der Waals surface area contributed by atoms with Gasteiger partial charge < -0.3 is 18.6 Å². The molecule has 3 aromatic rings. The van der Waals surface area contributed by atoms with Crippen LogP contribution in [0.3, 0.4) is 0 Å². The molecule has 1 aromatic heterocycles. The molecule has 2 heterocycles. The largest absolute Gasteiger partial charge is 0.493 e. The number of furan rings is 1. The Labute approximate surface area is 174 Å². The highest BCUT2D eigenvalue weighted by atomic mass is 16.5. The van der Waals surface area contributed by atoms with Crippen molar-refractivity contribution < 1.29 is 23.4 Å². The molecule has 7 nitrogen and oxygen atoms in total. The van der Waals surface area contributed by atoms with Gasteiger partial charge in [0.2, 0.25) is 5.75 Å². The lowest BCUT2D eigenvalue weighted by Crippen LogP contribution is -2.27. The first-order chi connectivity index (χ1) is 14.7. The molecule has 154 valence electrons. The zero-order valence-corrected chi connectivity index (χ0v) is 17.0. The van der Waals surface area contributed by atoms with Gasteiger partial charge in [0, 0.05) is 12.0 Å². The van der Waals surface area contributed by atoms with E-state index in [9.17, 15) is 4.79 Å². The molecular weight excluding hydrogens is 384 g/mol. The number of rotatable bonds is 6. The highest BCUT2D eigenvalue weighted by molar-refractivity contribution is 6.05. The summed E-state index contributed by atoms with van der Waals surface area (Å²) in [6.45, 7) is 0. The number of benzene rings is 2. The third-order valence-electron chi connectivity index (χ3n) is 5.01. The van der Waals surface area contributed by atoms with E-state index in [1.165, 1.54) is 26.3 Å². The van der Waals surface area contributed by atoms with E-state index < -0.39 is 0 Å². The first-order valence-electron chi connectivity index (χ1n) is 9.46. The number of amides is 1. The summed E-state index contributed by atoms with van der Waals surface area (Å²) >= 11 is 0. The fourth-order valence-electron chi connectivity index (χ4n) is 3.54. The number of carbonyl (C=O) groups is 1. The van der Waals surface area contributed by atoms with E-state index in [1.54, 1.807) is 24.5 Å². The third kappa shape index (κ3) is 3.50. The number of methoxy groups -OCH3 is 3. The van der Waals surface area contributed by atoms with E-state index >= 15 is 0 Å². The zero-order chi connectivity index (χ0) is 21.1. The summed E-state index contributed by atoms with van der Waals surface area (Å²) in [5.74, 6) is 1.61. The lowest BCUT2D eigenvalue weighted by atomic mass is 10.0. The normalized spacial score (nSPS) is 15.6. The molecule has 30 heavy (non-hydrogen) atoms. The summed E-state index contributed by atoms with van der Waals surface area (Å²) in [7, 11) is 4.54. The van der Waals surface area contributed by atoms with Gasteiger partial charge in [-0.1, -0.05) is 30.3 Å². The number of nitrogens with zero attached hydrogens (tertiary/aromatic N) is 2. The van der Waals surface area contributed by atoms with Gasteiger partial charge in [0.15, 0.2) is 11.5 Å². The predicted molar refractivity (Wildman–Crippen MR) is 111 cm³/mol. The molecule has 0 N–H and O–H groups in total. The number of hydrogen-bond donors (Lipinski definition) is 0. The van der Waals surface area contributed by atoms with Crippen LogP contribution in [0.4, 0.5) is 0 Å². The Morgan fingerprint density at radius 2 is 1.70 bits per heavy atom. The van der Waals surface area contributed by atoms with Crippen molar-refractivity contribution in [3.63, 3.8) is 0 Å². The maximum atomic E-state index is 13.5. The van der Waals surface area contributed by atoms with E-state index in [1.807, 2.05) is 36.4 Å². The highest BCUT2D eigenvalue weighted by Gasteiger charge is 2.36. The van der Waals surface area contributed by atoms with Gasteiger partial charge in [0.25, 0.3) is 5.91 Å². The topological polar surface area (TPSA) is 73.5 Å². The molecule has 0 fully saturated rings.